The molecule has 2 heterocycles. The fraction of sp³-hybridized carbons (Fsp3) is 0.292. The van der Waals surface area contributed by atoms with Crippen LogP contribution >= 0.6 is 23.2 Å². The Morgan fingerprint density at radius 3 is 2.13 bits per heavy atom. The van der Waals surface area contributed by atoms with E-state index in [2.05, 4.69) is 23.1 Å². The van der Waals surface area contributed by atoms with Gasteiger partial charge >= 0.3 is 0 Å². The minimum atomic E-state index is -0.0256. The summed E-state index contributed by atoms with van der Waals surface area (Å²) in [6.45, 7) is 8.44. The maximum atomic E-state index is 6.21. The molecular formula is C24H27BCl2N2O2. The molecule has 1 unspecified atom stereocenters. The molecule has 162 valence electrons. The maximum Gasteiger partial charge on any atom is 0.237 e. The molecule has 0 saturated carbocycles. The Bertz CT molecular complexity index is 901. The molecule has 1 aliphatic heterocycles. The van der Waals surface area contributed by atoms with Gasteiger partial charge < -0.3 is 14.0 Å². The van der Waals surface area contributed by atoms with Gasteiger partial charge in [0.1, 0.15) is 0 Å². The molecular weight excluding hydrogens is 430 g/mol. The van der Waals surface area contributed by atoms with Crippen molar-refractivity contribution in [1.29, 1.82) is 0 Å². The highest BCUT2D eigenvalue weighted by molar-refractivity contribution is 6.91. The summed E-state index contributed by atoms with van der Waals surface area (Å²) in [5.41, 5.74) is 2.05. The molecule has 0 aliphatic carbocycles. The molecule has 0 spiro atoms. The topological polar surface area (TPSA) is 36.3 Å². The summed E-state index contributed by atoms with van der Waals surface area (Å²) in [6.07, 6.45) is 6.63. The van der Waals surface area contributed by atoms with E-state index in [9.17, 15) is 0 Å². The number of halogens is 2. The Labute approximate surface area is 194 Å². The highest BCUT2D eigenvalue weighted by Crippen LogP contribution is 2.19. The van der Waals surface area contributed by atoms with Gasteiger partial charge in [-0.1, -0.05) is 77.4 Å². The summed E-state index contributed by atoms with van der Waals surface area (Å²) in [7, 11) is 0. The normalized spacial score (nSPS) is 14.5. The van der Waals surface area contributed by atoms with Gasteiger partial charge in [-0.25, -0.2) is 4.98 Å². The first-order valence-electron chi connectivity index (χ1n) is 10.4. The number of hydrogen-bond donors (Lipinski definition) is 0. The van der Waals surface area contributed by atoms with Crippen molar-refractivity contribution in [2.24, 2.45) is 5.92 Å². The Kier molecular flexibility index (Phi) is 9.22. The summed E-state index contributed by atoms with van der Waals surface area (Å²) in [4.78, 5) is 4.02. The standard InChI is InChI=1S/C14H11BCl2.C10H16N2O2/c1-2-15(11-7-3-5-9-13(11)16)12-8-4-6-10-14(12)17;1-2-9(10-13-5-6-14-10)7-12-4-3-11-8-12/h2-10H,1H2;3-4,8-10H,2,5-7H2,1H3. The quantitative estimate of drug-likeness (QED) is 0.487. The lowest BCUT2D eigenvalue weighted by Crippen LogP contribution is -2.41. The second-order valence-electron chi connectivity index (χ2n) is 7.29. The van der Waals surface area contributed by atoms with Gasteiger partial charge in [0.05, 0.1) is 19.5 Å². The fourth-order valence-electron chi connectivity index (χ4n) is 3.60. The lowest BCUT2D eigenvalue weighted by molar-refractivity contribution is -0.0884. The molecule has 0 bridgehead atoms. The van der Waals surface area contributed by atoms with Crippen LogP contribution in [0.3, 0.4) is 0 Å². The summed E-state index contributed by atoms with van der Waals surface area (Å²) in [6, 6.07) is 15.5. The molecule has 3 aromatic rings. The second-order valence-corrected chi connectivity index (χ2v) is 8.11. The van der Waals surface area contributed by atoms with Gasteiger partial charge in [-0.2, -0.15) is 0 Å². The van der Waals surface area contributed by atoms with Crippen molar-refractivity contribution >= 4 is 40.8 Å². The summed E-state index contributed by atoms with van der Waals surface area (Å²) in [5.74, 6) is 2.29. The number of benzene rings is 2. The van der Waals surface area contributed by atoms with E-state index < -0.39 is 0 Å². The van der Waals surface area contributed by atoms with Crippen LogP contribution in [-0.2, 0) is 16.0 Å². The number of aromatic nitrogens is 2. The molecule has 2 aromatic carbocycles. The molecule has 1 fully saturated rings. The predicted molar refractivity (Wildman–Crippen MR) is 130 cm³/mol. The third kappa shape index (κ3) is 6.47. The van der Waals surface area contributed by atoms with Crippen LogP contribution in [0.25, 0.3) is 0 Å². The third-order valence-electron chi connectivity index (χ3n) is 5.28. The fourth-order valence-corrected chi connectivity index (χ4v) is 4.10. The van der Waals surface area contributed by atoms with E-state index in [0.717, 1.165) is 47.2 Å². The molecule has 31 heavy (non-hydrogen) atoms. The third-order valence-corrected chi connectivity index (χ3v) is 5.97. The Balaban J connectivity index is 0.000000179. The number of hydrogen-bond acceptors (Lipinski definition) is 3. The van der Waals surface area contributed by atoms with Gasteiger partial charge in [0.15, 0.2) is 6.29 Å². The number of rotatable bonds is 7. The van der Waals surface area contributed by atoms with Crippen molar-refractivity contribution in [3.05, 3.63) is 89.9 Å². The van der Waals surface area contributed by atoms with E-state index in [1.54, 1.807) is 6.20 Å². The van der Waals surface area contributed by atoms with Gasteiger partial charge in [-0.15, -0.1) is 12.6 Å². The minimum Gasteiger partial charge on any atom is -0.350 e. The lowest BCUT2D eigenvalue weighted by Gasteiger charge is -2.20. The van der Waals surface area contributed by atoms with Gasteiger partial charge in [-0.05, 0) is 18.6 Å². The molecule has 0 N–H and O–H groups in total. The SMILES string of the molecule is C=CB(c1ccccc1Cl)c1ccccc1Cl.CCC(Cn1ccnc1)C1OCCO1. The zero-order chi connectivity index (χ0) is 22.1. The molecule has 1 atom stereocenters. The molecule has 4 rings (SSSR count). The van der Waals surface area contributed by atoms with E-state index in [0.29, 0.717) is 5.92 Å². The number of ether oxygens (including phenoxy) is 2. The van der Waals surface area contributed by atoms with Crippen molar-refractivity contribution in [3.8, 4) is 0 Å². The Hall–Kier alpha value is -2.05. The monoisotopic (exact) mass is 456 g/mol. The van der Waals surface area contributed by atoms with E-state index in [1.807, 2.05) is 67.0 Å². The van der Waals surface area contributed by atoms with E-state index >= 15 is 0 Å². The predicted octanol–water partition coefficient (Wildman–Crippen LogP) is 4.61. The van der Waals surface area contributed by atoms with Crippen LogP contribution in [0.15, 0.2) is 79.8 Å². The van der Waals surface area contributed by atoms with E-state index in [4.69, 9.17) is 32.7 Å². The van der Waals surface area contributed by atoms with Crippen LogP contribution < -0.4 is 10.9 Å². The van der Waals surface area contributed by atoms with Crippen molar-refractivity contribution in [2.75, 3.05) is 13.2 Å². The van der Waals surface area contributed by atoms with E-state index in [-0.39, 0.29) is 13.0 Å². The van der Waals surface area contributed by atoms with Crippen LogP contribution in [-0.4, -0.2) is 35.8 Å². The number of nitrogens with zero attached hydrogens (tertiary/aromatic N) is 2. The van der Waals surface area contributed by atoms with Gasteiger partial charge in [0.2, 0.25) is 6.71 Å². The first-order chi connectivity index (χ1) is 15.1. The van der Waals surface area contributed by atoms with Crippen LogP contribution in [0, 0.1) is 5.92 Å². The van der Waals surface area contributed by atoms with Crippen molar-refractivity contribution < 1.29 is 9.47 Å². The van der Waals surface area contributed by atoms with Gasteiger partial charge in [-0.3, -0.25) is 0 Å². The van der Waals surface area contributed by atoms with Crippen molar-refractivity contribution in [1.82, 2.24) is 9.55 Å². The molecule has 0 radical (unpaired) electrons. The van der Waals surface area contributed by atoms with Gasteiger partial charge in [0.25, 0.3) is 0 Å². The summed E-state index contributed by atoms with van der Waals surface area (Å²) >= 11 is 12.4. The zero-order valence-electron chi connectivity index (χ0n) is 17.7. The second kappa shape index (κ2) is 12.1. The lowest BCUT2D eigenvalue weighted by atomic mass is 9.41. The van der Waals surface area contributed by atoms with Crippen LogP contribution in [0.2, 0.25) is 10.0 Å². The van der Waals surface area contributed by atoms with Crippen LogP contribution in [0.4, 0.5) is 0 Å². The molecule has 7 heteroatoms. The highest BCUT2D eigenvalue weighted by Gasteiger charge is 2.25. The average molecular weight is 457 g/mol. The van der Waals surface area contributed by atoms with Crippen LogP contribution in [0.1, 0.15) is 13.3 Å². The maximum absolute atomic E-state index is 6.21. The molecule has 1 saturated heterocycles. The van der Waals surface area contributed by atoms with Crippen molar-refractivity contribution in [3.63, 3.8) is 0 Å². The first-order valence-corrected chi connectivity index (χ1v) is 11.2. The largest absolute Gasteiger partial charge is 0.350 e. The minimum absolute atomic E-state index is 0.0254. The molecule has 4 nitrogen and oxygen atoms in total. The smallest absolute Gasteiger partial charge is 0.237 e. The molecule has 1 aliphatic rings. The molecule has 1 aromatic heterocycles. The van der Waals surface area contributed by atoms with Crippen molar-refractivity contribution in [2.45, 2.75) is 26.2 Å². The van der Waals surface area contributed by atoms with Gasteiger partial charge in [0, 0.05) is 34.9 Å². The highest BCUT2D eigenvalue weighted by atomic mass is 35.5. The van der Waals surface area contributed by atoms with Crippen LogP contribution in [0.5, 0.6) is 0 Å². The number of imidazole rings is 1. The van der Waals surface area contributed by atoms with E-state index in [1.165, 1.54) is 0 Å². The molecule has 0 amide bonds. The summed E-state index contributed by atoms with van der Waals surface area (Å²) in [5, 5.41) is 1.47. The Morgan fingerprint density at radius 1 is 1.10 bits per heavy atom. The average Bonchev–Trinajstić information content (AvgIpc) is 3.50. The Morgan fingerprint density at radius 2 is 1.68 bits per heavy atom. The zero-order valence-corrected chi connectivity index (χ0v) is 19.2. The first kappa shape index (κ1) is 23.6. The summed E-state index contributed by atoms with van der Waals surface area (Å²) < 4.78 is 13.1.